The summed E-state index contributed by atoms with van der Waals surface area (Å²) in [6.45, 7) is 10.5. The van der Waals surface area contributed by atoms with Gasteiger partial charge >= 0.3 is 0 Å². The Balaban J connectivity index is 1.36. The van der Waals surface area contributed by atoms with Crippen LogP contribution in [-0.4, -0.2) is 52.9 Å². The number of hydrogen-bond donors (Lipinski definition) is 0. The van der Waals surface area contributed by atoms with Gasteiger partial charge in [0.25, 0.3) is 0 Å². The molecule has 0 bridgehead atoms. The first-order chi connectivity index (χ1) is 13.0. The van der Waals surface area contributed by atoms with E-state index < -0.39 is 0 Å². The Hall–Kier alpha value is -1.46. The zero-order chi connectivity index (χ0) is 19.0. The van der Waals surface area contributed by atoms with E-state index in [0.29, 0.717) is 23.7 Å². The Labute approximate surface area is 166 Å². The summed E-state index contributed by atoms with van der Waals surface area (Å²) in [4.78, 5) is 22.4. The predicted molar refractivity (Wildman–Crippen MR) is 112 cm³/mol. The topological polar surface area (TPSA) is 36.4 Å². The molecule has 3 heterocycles. The number of thiazole rings is 1. The molecule has 0 spiro atoms. The van der Waals surface area contributed by atoms with E-state index in [1.165, 1.54) is 16.1 Å². The first-order valence-electron chi connectivity index (χ1n) is 10.4. The highest BCUT2D eigenvalue weighted by Crippen LogP contribution is 2.34. The standard InChI is InChI=1S/C22H31N3OS/c1-15-12-16(2)14-25(13-15)22(26)17(3)24-10-8-18(9-11-24)21-23-19-6-4-5-7-20(19)27-21/h4-7,15-18H,8-14H2,1-3H3/t15-,16+,17-/m1/s1. The number of piperidine rings is 2. The number of benzene rings is 1. The second-order valence-corrected chi connectivity index (χ2v) is 9.76. The van der Waals surface area contributed by atoms with Crippen molar-refractivity contribution in [3.63, 3.8) is 0 Å². The lowest BCUT2D eigenvalue weighted by Gasteiger charge is -2.40. The fourth-order valence-electron chi connectivity index (χ4n) is 4.86. The van der Waals surface area contributed by atoms with E-state index in [1.807, 2.05) is 11.3 Å². The molecule has 2 saturated heterocycles. The minimum Gasteiger partial charge on any atom is -0.341 e. The summed E-state index contributed by atoms with van der Waals surface area (Å²) in [5, 5.41) is 1.27. The van der Waals surface area contributed by atoms with Gasteiger partial charge in [0.2, 0.25) is 5.91 Å². The van der Waals surface area contributed by atoms with E-state index in [0.717, 1.165) is 44.5 Å². The SMILES string of the molecule is C[C@@H]1C[C@H](C)CN(C(=O)[C@@H](C)N2CCC(c3nc4ccccc4s3)CC2)C1. The minimum absolute atomic E-state index is 0.00110. The van der Waals surface area contributed by atoms with Crippen molar-refractivity contribution in [2.45, 2.75) is 52.0 Å². The van der Waals surface area contributed by atoms with Crippen LogP contribution in [0.15, 0.2) is 24.3 Å². The molecule has 0 unspecified atom stereocenters. The average Bonchev–Trinajstić information content (AvgIpc) is 3.10. The molecule has 146 valence electrons. The molecule has 4 rings (SSSR count). The number of likely N-dealkylation sites (tertiary alicyclic amines) is 2. The van der Waals surface area contributed by atoms with Crippen LogP contribution in [-0.2, 0) is 4.79 Å². The Kier molecular flexibility index (Phi) is 5.51. The van der Waals surface area contributed by atoms with Gasteiger partial charge < -0.3 is 4.90 Å². The predicted octanol–water partition coefficient (Wildman–Crippen LogP) is 4.37. The Bertz CT molecular complexity index is 753. The van der Waals surface area contributed by atoms with Crippen LogP contribution in [0.2, 0.25) is 0 Å². The maximum Gasteiger partial charge on any atom is 0.239 e. The molecule has 0 N–H and O–H groups in total. The van der Waals surface area contributed by atoms with Gasteiger partial charge in [0.15, 0.2) is 0 Å². The second kappa shape index (κ2) is 7.88. The molecule has 27 heavy (non-hydrogen) atoms. The fraction of sp³-hybridized carbons (Fsp3) is 0.636. The molecule has 2 aliphatic heterocycles. The minimum atomic E-state index is -0.00110. The van der Waals surface area contributed by atoms with Gasteiger partial charge in [-0.1, -0.05) is 26.0 Å². The zero-order valence-electron chi connectivity index (χ0n) is 16.7. The van der Waals surface area contributed by atoms with Crippen molar-refractivity contribution in [1.82, 2.24) is 14.8 Å². The molecule has 2 fully saturated rings. The summed E-state index contributed by atoms with van der Waals surface area (Å²) >= 11 is 1.84. The number of rotatable bonds is 3. The number of nitrogens with zero attached hydrogens (tertiary/aromatic N) is 3. The van der Waals surface area contributed by atoms with Gasteiger partial charge in [-0.15, -0.1) is 11.3 Å². The molecule has 0 saturated carbocycles. The van der Waals surface area contributed by atoms with Gasteiger partial charge in [-0.2, -0.15) is 0 Å². The number of carbonyl (C=O) groups excluding carboxylic acids is 1. The maximum atomic E-state index is 13.0. The highest BCUT2D eigenvalue weighted by atomic mass is 32.1. The van der Waals surface area contributed by atoms with Crippen molar-refractivity contribution in [2.24, 2.45) is 11.8 Å². The van der Waals surface area contributed by atoms with Crippen molar-refractivity contribution >= 4 is 27.5 Å². The molecular weight excluding hydrogens is 354 g/mol. The number of carbonyl (C=O) groups is 1. The Morgan fingerprint density at radius 1 is 1.15 bits per heavy atom. The first kappa shape index (κ1) is 18.9. The van der Waals surface area contributed by atoms with Crippen LogP contribution < -0.4 is 0 Å². The van der Waals surface area contributed by atoms with Gasteiger partial charge in [0, 0.05) is 19.0 Å². The molecule has 1 aromatic heterocycles. The maximum absolute atomic E-state index is 13.0. The van der Waals surface area contributed by atoms with Gasteiger partial charge in [-0.05, 0) is 63.2 Å². The molecule has 0 aliphatic carbocycles. The molecule has 4 nitrogen and oxygen atoms in total. The van der Waals surface area contributed by atoms with Crippen LogP contribution in [0.25, 0.3) is 10.2 Å². The van der Waals surface area contributed by atoms with E-state index in [9.17, 15) is 4.79 Å². The number of aromatic nitrogens is 1. The average molecular weight is 386 g/mol. The zero-order valence-corrected chi connectivity index (χ0v) is 17.5. The lowest BCUT2D eigenvalue weighted by molar-refractivity contribution is -0.139. The number of para-hydroxylation sites is 1. The van der Waals surface area contributed by atoms with Crippen molar-refractivity contribution in [1.29, 1.82) is 0 Å². The largest absolute Gasteiger partial charge is 0.341 e. The molecule has 1 aromatic carbocycles. The van der Waals surface area contributed by atoms with E-state index in [1.54, 1.807) is 0 Å². The monoisotopic (exact) mass is 385 g/mol. The number of hydrogen-bond acceptors (Lipinski definition) is 4. The summed E-state index contributed by atoms with van der Waals surface area (Å²) in [6, 6.07) is 8.41. The molecule has 1 amide bonds. The van der Waals surface area contributed by atoms with Crippen LogP contribution in [0, 0.1) is 11.8 Å². The summed E-state index contributed by atoms with van der Waals surface area (Å²) in [6.07, 6.45) is 3.44. The highest BCUT2D eigenvalue weighted by Gasteiger charge is 2.33. The third-order valence-electron chi connectivity index (χ3n) is 6.27. The molecule has 0 radical (unpaired) electrons. The van der Waals surface area contributed by atoms with Crippen LogP contribution in [0.5, 0.6) is 0 Å². The molecule has 2 aromatic rings. The third-order valence-corrected chi connectivity index (χ3v) is 7.47. The Morgan fingerprint density at radius 2 is 1.81 bits per heavy atom. The third kappa shape index (κ3) is 4.04. The van der Waals surface area contributed by atoms with Crippen LogP contribution in [0.3, 0.4) is 0 Å². The van der Waals surface area contributed by atoms with Crippen LogP contribution in [0.4, 0.5) is 0 Å². The van der Waals surface area contributed by atoms with Gasteiger partial charge in [0.1, 0.15) is 0 Å². The number of fused-ring (bicyclic) bond motifs is 1. The summed E-state index contributed by atoms with van der Waals surface area (Å²) in [5.41, 5.74) is 1.12. The molecule has 3 atom stereocenters. The fourth-order valence-corrected chi connectivity index (χ4v) is 6.00. The summed E-state index contributed by atoms with van der Waals surface area (Å²) in [5.74, 6) is 2.10. The smallest absolute Gasteiger partial charge is 0.239 e. The normalized spacial score (nSPS) is 26.4. The molecule has 2 aliphatic rings. The summed E-state index contributed by atoms with van der Waals surface area (Å²) < 4.78 is 1.28. The van der Waals surface area contributed by atoms with Crippen molar-refractivity contribution in [3.8, 4) is 0 Å². The van der Waals surface area contributed by atoms with Gasteiger partial charge in [0.05, 0.1) is 21.3 Å². The second-order valence-electron chi connectivity index (χ2n) is 8.70. The van der Waals surface area contributed by atoms with Gasteiger partial charge in [-0.3, -0.25) is 9.69 Å². The summed E-state index contributed by atoms with van der Waals surface area (Å²) in [7, 11) is 0. The molecule has 5 heteroatoms. The lowest BCUT2D eigenvalue weighted by atomic mass is 9.91. The van der Waals surface area contributed by atoms with E-state index in [2.05, 4.69) is 54.8 Å². The number of amides is 1. The lowest BCUT2D eigenvalue weighted by Crippen LogP contribution is -2.52. The van der Waals surface area contributed by atoms with Gasteiger partial charge in [-0.25, -0.2) is 4.98 Å². The van der Waals surface area contributed by atoms with Crippen molar-refractivity contribution < 1.29 is 4.79 Å². The van der Waals surface area contributed by atoms with E-state index in [-0.39, 0.29) is 6.04 Å². The van der Waals surface area contributed by atoms with Crippen LogP contribution >= 0.6 is 11.3 Å². The Morgan fingerprint density at radius 3 is 2.48 bits per heavy atom. The van der Waals surface area contributed by atoms with Crippen molar-refractivity contribution in [3.05, 3.63) is 29.3 Å². The quantitative estimate of drug-likeness (QED) is 0.787. The van der Waals surface area contributed by atoms with Crippen LogP contribution in [0.1, 0.15) is 51.0 Å². The highest BCUT2D eigenvalue weighted by molar-refractivity contribution is 7.18. The van der Waals surface area contributed by atoms with Crippen molar-refractivity contribution in [2.75, 3.05) is 26.2 Å². The van der Waals surface area contributed by atoms with E-state index in [4.69, 9.17) is 4.98 Å². The first-order valence-corrected chi connectivity index (χ1v) is 11.2. The van der Waals surface area contributed by atoms with E-state index >= 15 is 0 Å². The molecular formula is C22H31N3OS.